The minimum atomic E-state index is -0.384. The van der Waals surface area contributed by atoms with E-state index in [1.165, 1.54) is 12.8 Å². The molecule has 32 heavy (non-hydrogen) atoms. The van der Waals surface area contributed by atoms with Crippen molar-refractivity contribution in [2.75, 3.05) is 13.2 Å². The zero-order valence-corrected chi connectivity index (χ0v) is 20.0. The first-order valence-electron chi connectivity index (χ1n) is 13.0. The molecule has 0 N–H and O–H groups in total. The third-order valence-electron chi connectivity index (χ3n) is 7.50. The van der Waals surface area contributed by atoms with Crippen LogP contribution in [0.4, 0.5) is 0 Å². The van der Waals surface area contributed by atoms with E-state index >= 15 is 0 Å². The molecule has 3 unspecified atom stereocenters. The van der Waals surface area contributed by atoms with Gasteiger partial charge in [0.2, 0.25) is 0 Å². The molecule has 0 bridgehead atoms. The smallest absolute Gasteiger partial charge is 0.306 e. The first-order valence-corrected chi connectivity index (χ1v) is 13.0. The number of rotatable bonds is 10. The zero-order valence-electron chi connectivity index (χ0n) is 20.0. The number of esters is 1. The standard InChI is InChI=1S/C26H42O6/c1-3-4-7-13-26(2,32-25-11-6-9-16-29-25)14-12-19-20-17-23(27)30-22(20)18-21(19)31-24-10-5-8-15-28-24/h12,14,19-22,24-25H,3-11,13,15-18H2,1-2H3/t19-,20-,21-,22+,24?,25?,26?/m1/s1. The number of carbonyl (C=O) groups is 1. The molecule has 0 aromatic heterocycles. The van der Waals surface area contributed by atoms with Crippen LogP contribution in [0.15, 0.2) is 12.2 Å². The van der Waals surface area contributed by atoms with Gasteiger partial charge in [-0.2, -0.15) is 0 Å². The Bertz CT molecular complexity index is 624. The molecule has 0 spiro atoms. The molecule has 0 aromatic rings. The fraction of sp³-hybridized carbons (Fsp3) is 0.885. The van der Waals surface area contributed by atoms with Crippen LogP contribution in [-0.4, -0.2) is 49.6 Å². The summed E-state index contributed by atoms with van der Waals surface area (Å²) in [6, 6.07) is 0. The van der Waals surface area contributed by atoms with Gasteiger partial charge in [0.1, 0.15) is 6.10 Å². The summed E-state index contributed by atoms with van der Waals surface area (Å²) in [7, 11) is 0. The largest absolute Gasteiger partial charge is 0.462 e. The summed E-state index contributed by atoms with van der Waals surface area (Å²) in [5, 5.41) is 0. The predicted octanol–water partition coefficient (Wildman–Crippen LogP) is 5.29. The van der Waals surface area contributed by atoms with Gasteiger partial charge in [-0.1, -0.05) is 38.3 Å². The fourth-order valence-corrected chi connectivity index (χ4v) is 5.65. The van der Waals surface area contributed by atoms with E-state index in [0.717, 1.165) is 71.0 Å². The van der Waals surface area contributed by atoms with Crippen molar-refractivity contribution in [2.24, 2.45) is 11.8 Å². The van der Waals surface area contributed by atoms with Crippen LogP contribution in [-0.2, 0) is 28.5 Å². The van der Waals surface area contributed by atoms with E-state index < -0.39 is 0 Å². The summed E-state index contributed by atoms with van der Waals surface area (Å²) in [5.41, 5.74) is -0.384. The topological polar surface area (TPSA) is 63.2 Å². The van der Waals surface area contributed by atoms with Crippen LogP contribution in [0.1, 0.15) is 90.9 Å². The van der Waals surface area contributed by atoms with E-state index in [0.29, 0.717) is 6.42 Å². The second kappa shape index (κ2) is 11.5. The van der Waals surface area contributed by atoms with Crippen molar-refractivity contribution in [1.82, 2.24) is 0 Å². The molecule has 0 aromatic carbocycles. The third kappa shape index (κ3) is 6.34. The van der Waals surface area contributed by atoms with Crippen molar-refractivity contribution < 1.29 is 28.5 Å². The molecule has 4 fully saturated rings. The predicted molar refractivity (Wildman–Crippen MR) is 121 cm³/mol. The molecule has 0 amide bonds. The summed E-state index contributed by atoms with van der Waals surface area (Å²) < 4.78 is 30.3. The number of unbranched alkanes of at least 4 members (excludes halogenated alkanes) is 2. The highest BCUT2D eigenvalue weighted by Crippen LogP contribution is 2.44. The summed E-state index contributed by atoms with van der Waals surface area (Å²) >= 11 is 0. The number of hydrogen-bond acceptors (Lipinski definition) is 6. The number of carbonyl (C=O) groups excluding carboxylic acids is 1. The van der Waals surface area contributed by atoms with Crippen LogP contribution >= 0.6 is 0 Å². The van der Waals surface area contributed by atoms with Crippen molar-refractivity contribution in [3.63, 3.8) is 0 Å². The lowest BCUT2D eigenvalue weighted by atomic mass is 9.88. The quantitative estimate of drug-likeness (QED) is 0.256. The van der Waals surface area contributed by atoms with Gasteiger partial charge < -0.3 is 23.7 Å². The molecule has 1 saturated carbocycles. The number of ether oxygens (including phenoxy) is 5. The Hall–Kier alpha value is -0.950. The van der Waals surface area contributed by atoms with E-state index in [9.17, 15) is 4.79 Å². The first kappa shape index (κ1) is 24.2. The van der Waals surface area contributed by atoms with Crippen LogP contribution in [0, 0.1) is 11.8 Å². The second-order valence-corrected chi connectivity index (χ2v) is 10.2. The minimum absolute atomic E-state index is 0.0169. The molecule has 4 aliphatic rings. The Labute approximate surface area is 193 Å². The van der Waals surface area contributed by atoms with Gasteiger partial charge in [0.25, 0.3) is 0 Å². The van der Waals surface area contributed by atoms with Crippen molar-refractivity contribution in [3.8, 4) is 0 Å². The minimum Gasteiger partial charge on any atom is -0.462 e. The van der Waals surface area contributed by atoms with Gasteiger partial charge in [-0.25, -0.2) is 0 Å². The monoisotopic (exact) mass is 450 g/mol. The fourth-order valence-electron chi connectivity index (χ4n) is 5.65. The van der Waals surface area contributed by atoms with Gasteiger partial charge in [0.05, 0.1) is 18.1 Å². The first-order chi connectivity index (χ1) is 15.6. The molecular formula is C26H42O6. The van der Waals surface area contributed by atoms with Gasteiger partial charge >= 0.3 is 5.97 Å². The average Bonchev–Trinajstić information content (AvgIpc) is 3.29. The average molecular weight is 451 g/mol. The maximum absolute atomic E-state index is 12.0. The summed E-state index contributed by atoms with van der Waals surface area (Å²) in [4.78, 5) is 12.0. The van der Waals surface area contributed by atoms with Gasteiger partial charge in [0, 0.05) is 31.5 Å². The molecule has 1 aliphatic carbocycles. The molecule has 6 heteroatoms. The maximum Gasteiger partial charge on any atom is 0.306 e. The van der Waals surface area contributed by atoms with Crippen molar-refractivity contribution in [2.45, 2.75) is 121 Å². The normalized spacial score (nSPS) is 37.4. The lowest BCUT2D eigenvalue weighted by molar-refractivity contribution is -0.208. The van der Waals surface area contributed by atoms with Crippen LogP contribution < -0.4 is 0 Å². The Morgan fingerprint density at radius 2 is 1.81 bits per heavy atom. The van der Waals surface area contributed by atoms with E-state index in [-0.39, 0.29) is 48.2 Å². The highest BCUT2D eigenvalue weighted by atomic mass is 16.7. The highest BCUT2D eigenvalue weighted by Gasteiger charge is 2.50. The molecule has 182 valence electrons. The van der Waals surface area contributed by atoms with Gasteiger partial charge in [-0.3, -0.25) is 4.79 Å². The summed E-state index contributed by atoms with van der Waals surface area (Å²) in [6.07, 6.45) is 16.3. The molecule has 6 nitrogen and oxygen atoms in total. The molecule has 4 rings (SSSR count). The highest BCUT2D eigenvalue weighted by molar-refractivity contribution is 5.72. The van der Waals surface area contributed by atoms with Crippen molar-refractivity contribution in [3.05, 3.63) is 12.2 Å². The van der Waals surface area contributed by atoms with Gasteiger partial charge in [-0.15, -0.1) is 0 Å². The second-order valence-electron chi connectivity index (χ2n) is 10.2. The van der Waals surface area contributed by atoms with Gasteiger partial charge in [0.15, 0.2) is 12.6 Å². The third-order valence-corrected chi connectivity index (χ3v) is 7.50. The van der Waals surface area contributed by atoms with E-state index in [4.69, 9.17) is 23.7 Å². The lowest BCUT2D eigenvalue weighted by Gasteiger charge is -2.34. The zero-order chi connectivity index (χ0) is 22.4. The van der Waals surface area contributed by atoms with Crippen LogP contribution in [0.5, 0.6) is 0 Å². The molecular weight excluding hydrogens is 408 g/mol. The van der Waals surface area contributed by atoms with E-state index in [1.807, 2.05) is 0 Å². The Balaban J connectivity index is 1.46. The Morgan fingerprint density at radius 3 is 2.50 bits per heavy atom. The molecule has 3 aliphatic heterocycles. The molecule has 3 saturated heterocycles. The maximum atomic E-state index is 12.0. The van der Waals surface area contributed by atoms with Gasteiger partial charge in [-0.05, 0) is 51.9 Å². The van der Waals surface area contributed by atoms with E-state index in [2.05, 4.69) is 26.0 Å². The Kier molecular flexibility index (Phi) is 8.66. The van der Waals surface area contributed by atoms with Crippen LogP contribution in [0.25, 0.3) is 0 Å². The number of hydrogen-bond donors (Lipinski definition) is 0. The molecule has 3 heterocycles. The number of fused-ring (bicyclic) bond motifs is 1. The lowest BCUT2D eigenvalue weighted by Crippen LogP contribution is -2.36. The SMILES string of the molecule is CCCCCC(C)(C=C[C@@H]1[C@H]2CC(=O)O[C@H]2C[C@H]1OC1CCCCO1)OC1CCCCO1. The summed E-state index contributed by atoms with van der Waals surface area (Å²) in [6.45, 7) is 5.95. The Morgan fingerprint density at radius 1 is 1.06 bits per heavy atom. The molecule has 0 radical (unpaired) electrons. The van der Waals surface area contributed by atoms with Crippen molar-refractivity contribution >= 4 is 5.97 Å². The van der Waals surface area contributed by atoms with Crippen LogP contribution in [0.2, 0.25) is 0 Å². The van der Waals surface area contributed by atoms with E-state index in [1.54, 1.807) is 0 Å². The molecule has 7 atom stereocenters. The van der Waals surface area contributed by atoms with Crippen molar-refractivity contribution in [1.29, 1.82) is 0 Å². The van der Waals surface area contributed by atoms with Crippen LogP contribution in [0.3, 0.4) is 0 Å². The summed E-state index contributed by atoms with van der Waals surface area (Å²) in [5.74, 6) is 0.236.